The summed E-state index contributed by atoms with van der Waals surface area (Å²) >= 11 is 1.28. The summed E-state index contributed by atoms with van der Waals surface area (Å²) in [5, 5.41) is 18.2. The molecule has 2 aromatic heterocycles. The van der Waals surface area contributed by atoms with E-state index in [9.17, 15) is 5.11 Å². The van der Waals surface area contributed by atoms with Crippen molar-refractivity contribution in [2.75, 3.05) is 5.73 Å². The van der Waals surface area contributed by atoms with Gasteiger partial charge < -0.3 is 16.6 Å². The van der Waals surface area contributed by atoms with Crippen molar-refractivity contribution in [1.82, 2.24) is 10.2 Å². The number of nitrogens with two attached hydrogens (primary N) is 2. The monoisotopic (exact) mass is 224 g/mol. The Morgan fingerprint density at radius 3 is 2.60 bits per heavy atom. The van der Waals surface area contributed by atoms with Gasteiger partial charge in [0.15, 0.2) is 0 Å². The van der Waals surface area contributed by atoms with Gasteiger partial charge in [-0.2, -0.15) is 5.10 Å². The van der Waals surface area contributed by atoms with Crippen LogP contribution in [0.3, 0.4) is 0 Å². The van der Waals surface area contributed by atoms with Crippen LogP contribution in [0.1, 0.15) is 22.4 Å². The third-order valence-corrected chi connectivity index (χ3v) is 3.59. The summed E-state index contributed by atoms with van der Waals surface area (Å²) in [5.41, 5.74) is 13.7. The lowest BCUT2D eigenvalue weighted by Crippen LogP contribution is -2.08. The van der Waals surface area contributed by atoms with Crippen molar-refractivity contribution < 1.29 is 5.11 Å². The zero-order valence-electron chi connectivity index (χ0n) is 8.48. The van der Waals surface area contributed by atoms with Gasteiger partial charge in [-0.05, 0) is 19.4 Å². The van der Waals surface area contributed by atoms with E-state index < -0.39 is 6.23 Å². The topological polar surface area (TPSA) is 98.0 Å². The van der Waals surface area contributed by atoms with Crippen LogP contribution in [0.2, 0.25) is 0 Å². The highest BCUT2D eigenvalue weighted by atomic mass is 32.1. The Bertz CT molecular complexity index is 520. The van der Waals surface area contributed by atoms with E-state index in [0.717, 1.165) is 21.5 Å². The molecule has 6 heteroatoms. The summed E-state index contributed by atoms with van der Waals surface area (Å²) in [4.78, 5) is 1.27. The Balaban J connectivity index is 2.83. The predicted molar refractivity (Wildman–Crippen MR) is 60.4 cm³/mol. The Kier molecular flexibility index (Phi) is 2.34. The van der Waals surface area contributed by atoms with E-state index in [1.54, 1.807) is 0 Å². The van der Waals surface area contributed by atoms with E-state index >= 15 is 0 Å². The minimum atomic E-state index is -1.05. The summed E-state index contributed by atoms with van der Waals surface area (Å²) in [6, 6.07) is 0. The van der Waals surface area contributed by atoms with Gasteiger partial charge in [-0.3, -0.25) is 0 Å². The summed E-state index contributed by atoms with van der Waals surface area (Å²) in [5.74, 6) is 0. The lowest BCUT2D eigenvalue weighted by Gasteiger charge is -2.02. The van der Waals surface area contributed by atoms with Crippen LogP contribution in [0.25, 0.3) is 10.2 Å². The van der Waals surface area contributed by atoms with Crippen molar-refractivity contribution in [3.05, 3.63) is 16.1 Å². The van der Waals surface area contributed by atoms with Gasteiger partial charge in [0.1, 0.15) is 11.1 Å². The van der Waals surface area contributed by atoms with E-state index in [0.29, 0.717) is 10.6 Å². The maximum absolute atomic E-state index is 9.33. The maximum atomic E-state index is 9.33. The number of aromatic nitrogens is 2. The molecule has 0 aliphatic heterocycles. The summed E-state index contributed by atoms with van der Waals surface area (Å²) in [6.45, 7) is 3.81. The molecular formula is C9H12N4OS. The highest BCUT2D eigenvalue weighted by Crippen LogP contribution is 2.36. The van der Waals surface area contributed by atoms with Gasteiger partial charge in [0.25, 0.3) is 0 Å². The Morgan fingerprint density at radius 1 is 1.33 bits per heavy atom. The van der Waals surface area contributed by atoms with Gasteiger partial charge in [-0.15, -0.1) is 16.4 Å². The van der Waals surface area contributed by atoms with Crippen molar-refractivity contribution in [1.29, 1.82) is 0 Å². The molecule has 0 fully saturated rings. The third kappa shape index (κ3) is 1.46. The fraction of sp³-hybridized carbons (Fsp3) is 0.333. The number of nitrogens with zero attached hydrogens (tertiary/aromatic N) is 2. The number of nitrogen functional groups attached to an aromatic ring is 1. The third-order valence-electron chi connectivity index (χ3n) is 2.43. The van der Waals surface area contributed by atoms with E-state index in [4.69, 9.17) is 11.5 Å². The lowest BCUT2D eigenvalue weighted by atomic mass is 10.1. The molecule has 0 amide bonds. The standard InChI is InChI=1S/C9H12N4OS/c1-3-4(2)12-13-9-5(3)6(10)7(15-9)8(11)14/h8,14H,10-11H2,1-2H3. The first-order valence-corrected chi connectivity index (χ1v) is 5.29. The predicted octanol–water partition coefficient (Wildman–Crippen LogP) is 0.840. The lowest BCUT2D eigenvalue weighted by molar-refractivity contribution is 0.191. The molecule has 0 saturated heterocycles. The van der Waals surface area contributed by atoms with Crippen LogP contribution in [-0.2, 0) is 0 Å². The van der Waals surface area contributed by atoms with E-state index in [-0.39, 0.29) is 0 Å². The zero-order valence-corrected chi connectivity index (χ0v) is 9.30. The second-order valence-corrected chi connectivity index (χ2v) is 4.45. The number of hydrogen-bond donors (Lipinski definition) is 3. The number of fused-ring (bicyclic) bond motifs is 1. The van der Waals surface area contributed by atoms with Crippen molar-refractivity contribution in [3.8, 4) is 0 Å². The van der Waals surface area contributed by atoms with Gasteiger partial charge >= 0.3 is 0 Å². The summed E-state index contributed by atoms with van der Waals surface area (Å²) < 4.78 is 0. The molecule has 0 aliphatic carbocycles. The van der Waals surface area contributed by atoms with Crippen molar-refractivity contribution in [3.63, 3.8) is 0 Å². The smallest absolute Gasteiger partial charge is 0.148 e. The average molecular weight is 224 g/mol. The van der Waals surface area contributed by atoms with Crippen molar-refractivity contribution in [2.45, 2.75) is 20.1 Å². The molecule has 2 aromatic rings. The van der Waals surface area contributed by atoms with Crippen molar-refractivity contribution in [2.24, 2.45) is 5.73 Å². The van der Waals surface area contributed by atoms with E-state index in [1.165, 1.54) is 11.3 Å². The molecule has 0 bridgehead atoms. The Hall–Kier alpha value is -1.24. The molecule has 2 rings (SSSR count). The van der Waals surface area contributed by atoms with Gasteiger partial charge in [0.05, 0.1) is 16.3 Å². The number of rotatable bonds is 1. The van der Waals surface area contributed by atoms with Gasteiger partial charge in [-0.25, -0.2) is 0 Å². The van der Waals surface area contributed by atoms with Crippen LogP contribution in [0.15, 0.2) is 0 Å². The molecule has 0 radical (unpaired) electrons. The van der Waals surface area contributed by atoms with E-state index in [1.807, 2.05) is 13.8 Å². The highest BCUT2D eigenvalue weighted by Gasteiger charge is 2.17. The first-order valence-electron chi connectivity index (χ1n) is 4.47. The zero-order chi connectivity index (χ0) is 11.2. The number of thiophene rings is 1. The molecule has 5 nitrogen and oxygen atoms in total. The fourth-order valence-corrected chi connectivity index (χ4v) is 2.47. The Morgan fingerprint density at radius 2 is 2.00 bits per heavy atom. The first kappa shape index (κ1) is 10.3. The van der Waals surface area contributed by atoms with Gasteiger partial charge in [0, 0.05) is 5.39 Å². The minimum absolute atomic E-state index is 0.514. The molecule has 15 heavy (non-hydrogen) atoms. The van der Waals surface area contributed by atoms with Crippen LogP contribution in [0.5, 0.6) is 0 Å². The minimum Gasteiger partial charge on any atom is -0.397 e. The largest absolute Gasteiger partial charge is 0.397 e. The number of anilines is 1. The van der Waals surface area contributed by atoms with Crippen LogP contribution >= 0.6 is 11.3 Å². The average Bonchev–Trinajstić information content (AvgIpc) is 2.50. The van der Waals surface area contributed by atoms with Crippen LogP contribution < -0.4 is 11.5 Å². The molecule has 0 aromatic carbocycles. The van der Waals surface area contributed by atoms with E-state index in [2.05, 4.69) is 10.2 Å². The summed E-state index contributed by atoms with van der Waals surface area (Å²) in [7, 11) is 0. The number of hydrogen-bond acceptors (Lipinski definition) is 6. The Labute approximate surface area is 90.7 Å². The molecule has 1 atom stereocenters. The fourth-order valence-electron chi connectivity index (χ4n) is 1.48. The molecule has 1 unspecified atom stereocenters. The van der Waals surface area contributed by atoms with Crippen LogP contribution in [0.4, 0.5) is 5.69 Å². The molecule has 80 valence electrons. The maximum Gasteiger partial charge on any atom is 0.148 e. The molecule has 0 saturated carbocycles. The molecule has 5 N–H and O–H groups in total. The number of aliphatic hydroxyl groups is 1. The SMILES string of the molecule is Cc1nnc2sc(C(N)O)c(N)c2c1C. The molecule has 0 spiro atoms. The number of aliphatic hydroxyl groups excluding tert-OH is 1. The van der Waals surface area contributed by atoms with Crippen LogP contribution in [-0.4, -0.2) is 15.3 Å². The normalized spacial score (nSPS) is 13.3. The summed E-state index contributed by atoms with van der Waals surface area (Å²) in [6.07, 6.45) is -1.05. The first-order chi connectivity index (χ1) is 7.02. The highest BCUT2D eigenvalue weighted by molar-refractivity contribution is 7.19. The molecular weight excluding hydrogens is 212 g/mol. The molecule has 2 heterocycles. The molecule has 0 aliphatic rings. The quantitative estimate of drug-likeness (QED) is 0.623. The second kappa shape index (κ2) is 3.41. The van der Waals surface area contributed by atoms with Crippen molar-refractivity contribution >= 4 is 27.2 Å². The van der Waals surface area contributed by atoms with Gasteiger partial charge in [0.2, 0.25) is 0 Å². The van der Waals surface area contributed by atoms with Crippen LogP contribution in [0, 0.1) is 13.8 Å². The van der Waals surface area contributed by atoms with Gasteiger partial charge in [-0.1, -0.05) is 0 Å². The number of aryl methyl sites for hydroxylation is 2. The second-order valence-electron chi connectivity index (χ2n) is 3.42.